The van der Waals surface area contributed by atoms with E-state index in [1.54, 1.807) is 6.92 Å². The number of halogens is 1. The van der Waals surface area contributed by atoms with Crippen LogP contribution in [0.1, 0.15) is 62.4 Å². The zero-order valence-corrected chi connectivity index (χ0v) is 27.3. The third-order valence-corrected chi connectivity index (χ3v) is 9.03. The summed E-state index contributed by atoms with van der Waals surface area (Å²) in [6, 6.07) is 3.45. The van der Waals surface area contributed by atoms with Crippen molar-refractivity contribution in [3.8, 4) is 5.75 Å². The Labute approximate surface area is 282 Å². The average molecular weight is 685 g/mol. The van der Waals surface area contributed by atoms with Crippen LogP contribution in [0.4, 0.5) is 9.18 Å². The number of pyridine rings is 1. The van der Waals surface area contributed by atoms with Crippen molar-refractivity contribution in [1.29, 1.82) is 0 Å². The van der Waals surface area contributed by atoms with Crippen LogP contribution < -0.4 is 15.4 Å². The number of nitrogens with one attached hydrogen (secondary N) is 2. The van der Waals surface area contributed by atoms with Crippen LogP contribution in [0.2, 0.25) is 0 Å². The summed E-state index contributed by atoms with van der Waals surface area (Å²) in [6.07, 6.45) is 2.91. The highest BCUT2D eigenvalue weighted by Gasteiger charge is 2.36. The van der Waals surface area contributed by atoms with Crippen molar-refractivity contribution in [2.45, 2.75) is 70.0 Å². The Morgan fingerprint density at radius 3 is 2.43 bits per heavy atom. The van der Waals surface area contributed by atoms with Gasteiger partial charge < -0.3 is 39.9 Å². The molecule has 3 heterocycles. The topological polar surface area (TPSA) is 188 Å². The first-order chi connectivity index (χ1) is 23.5. The van der Waals surface area contributed by atoms with Crippen LogP contribution in [0, 0.1) is 5.82 Å². The second-order valence-corrected chi connectivity index (χ2v) is 12.3. The van der Waals surface area contributed by atoms with E-state index in [0.717, 1.165) is 25.3 Å². The van der Waals surface area contributed by atoms with Crippen LogP contribution in [0.3, 0.4) is 0 Å². The maximum absolute atomic E-state index is 15.0. The van der Waals surface area contributed by atoms with E-state index >= 15 is 4.39 Å². The number of carbonyl (C=O) groups is 6. The van der Waals surface area contributed by atoms with Gasteiger partial charge in [-0.25, -0.2) is 14.2 Å². The molecular weight excluding hydrogens is 643 g/mol. The Morgan fingerprint density at radius 2 is 1.76 bits per heavy atom. The summed E-state index contributed by atoms with van der Waals surface area (Å²) in [5, 5.41) is 14.8. The van der Waals surface area contributed by atoms with E-state index in [2.05, 4.69) is 15.6 Å². The molecule has 1 saturated carbocycles. The van der Waals surface area contributed by atoms with Gasteiger partial charge in [-0.15, -0.1) is 0 Å². The fourth-order valence-corrected chi connectivity index (χ4v) is 6.15. The summed E-state index contributed by atoms with van der Waals surface area (Å²) < 4.78 is 25.9. The Bertz CT molecular complexity index is 1590. The molecule has 2 unspecified atom stereocenters. The number of aromatic nitrogens is 1. The lowest BCUT2D eigenvalue weighted by Gasteiger charge is -2.35. The molecular formula is C33H41FN6O9. The van der Waals surface area contributed by atoms with Gasteiger partial charge in [-0.3, -0.25) is 24.0 Å². The molecule has 3 N–H and O–H groups in total. The number of piperazine rings is 1. The predicted molar refractivity (Wildman–Crippen MR) is 171 cm³/mol. The third kappa shape index (κ3) is 8.53. The van der Waals surface area contributed by atoms with Crippen LogP contribution in [0.25, 0.3) is 10.9 Å². The molecule has 0 spiro atoms. The zero-order chi connectivity index (χ0) is 35.1. The fraction of sp³-hybridized carbons (Fsp3) is 0.545. The number of fused-ring (bicyclic) bond motifs is 1. The van der Waals surface area contributed by atoms with Crippen LogP contribution >= 0.6 is 0 Å². The number of benzene rings is 1. The molecule has 5 rings (SSSR count). The molecule has 0 bridgehead atoms. The van der Waals surface area contributed by atoms with Crippen molar-refractivity contribution in [3.05, 3.63) is 35.8 Å². The average Bonchev–Trinajstić information content (AvgIpc) is 3.57. The Balaban J connectivity index is 1.30. The van der Waals surface area contributed by atoms with Crippen molar-refractivity contribution in [3.63, 3.8) is 0 Å². The summed E-state index contributed by atoms with van der Waals surface area (Å²) in [7, 11) is 0. The van der Waals surface area contributed by atoms with Crippen LogP contribution in [-0.2, 0) is 23.9 Å². The predicted octanol–water partition coefficient (Wildman–Crippen LogP) is 1.68. The Kier molecular flexibility index (Phi) is 11.5. The Hall–Kier alpha value is -5.02. The number of carboxylic acids is 1. The third-order valence-electron chi connectivity index (χ3n) is 9.03. The van der Waals surface area contributed by atoms with Gasteiger partial charge in [-0.1, -0.05) is 6.07 Å². The van der Waals surface area contributed by atoms with Gasteiger partial charge in [0, 0.05) is 51.3 Å². The van der Waals surface area contributed by atoms with Crippen molar-refractivity contribution in [2.75, 3.05) is 45.9 Å². The van der Waals surface area contributed by atoms with Gasteiger partial charge in [-0.05, 0) is 57.6 Å². The summed E-state index contributed by atoms with van der Waals surface area (Å²) in [4.78, 5) is 85.2. The molecule has 2 atom stereocenters. The number of nitrogens with zero attached hydrogens (tertiary/aromatic N) is 4. The lowest BCUT2D eigenvalue weighted by molar-refractivity contribution is -0.140. The molecule has 3 fully saturated rings. The van der Waals surface area contributed by atoms with Gasteiger partial charge in [-0.2, -0.15) is 0 Å². The lowest BCUT2D eigenvalue weighted by Crippen LogP contribution is -2.56. The second-order valence-electron chi connectivity index (χ2n) is 12.3. The van der Waals surface area contributed by atoms with Crippen LogP contribution in [0.5, 0.6) is 5.75 Å². The molecule has 1 aromatic heterocycles. The van der Waals surface area contributed by atoms with Crippen molar-refractivity contribution in [2.24, 2.45) is 0 Å². The minimum atomic E-state index is -1.24. The van der Waals surface area contributed by atoms with E-state index in [1.165, 1.54) is 32.9 Å². The normalized spacial score (nSPS) is 18.4. The molecule has 2 aliphatic heterocycles. The minimum Gasteiger partial charge on any atom is -0.483 e. The molecule has 3 aliphatic rings. The van der Waals surface area contributed by atoms with Crippen LogP contribution in [0.15, 0.2) is 24.3 Å². The van der Waals surface area contributed by atoms with Crippen molar-refractivity contribution in [1.82, 2.24) is 30.3 Å². The first-order valence-corrected chi connectivity index (χ1v) is 16.6. The first-order valence-electron chi connectivity index (χ1n) is 16.6. The van der Waals surface area contributed by atoms with Gasteiger partial charge in [0.15, 0.2) is 6.61 Å². The maximum Gasteiger partial charge on any atom is 0.409 e. The number of hydrogen-bond donors (Lipinski definition) is 3. The highest BCUT2D eigenvalue weighted by atomic mass is 19.1. The first kappa shape index (κ1) is 35.3. The molecule has 2 saturated heterocycles. The lowest BCUT2D eigenvalue weighted by atomic mass is 9.93. The number of ether oxygens (including phenoxy) is 2. The molecule has 0 radical (unpaired) electrons. The number of carbonyl (C=O) groups excluding carboxylic acids is 5. The van der Waals surface area contributed by atoms with E-state index in [4.69, 9.17) is 9.47 Å². The van der Waals surface area contributed by atoms with Gasteiger partial charge in [0.1, 0.15) is 29.3 Å². The molecule has 2 aromatic rings. The molecule has 16 heteroatoms. The monoisotopic (exact) mass is 684 g/mol. The number of hydrogen-bond acceptors (Lipinski definition) is 9. The molecule has 15 nitrogen and oxygen atoms in total. The second kappa shape index (κ2) is 15.9. The molecule has 49 heavy (non-hydrogen) atoms. The van der Waals surface area contributed by atoms with E-state index in [0.29, 0.717) is 19.4 Å². The number of amides is 5. The van der Waals surface area contributed by atoms with E-state index in [-0.39, 0.29) is 73.5 Å². The zero-order valence-electron chi connectivity index (χ0n) is 27.3. The number of aliphatic carboxylic acids is 1. The standard InChI is InChI=1S/C33H41FN6O9/c1-2-48-33(47)39-16-14-38(15-17-39)32(46)23(11-12-28(42)43)37-30(44)24-18-26(29-21(34)8-4-9-22(29)36-24)49-19-27(41)40-13-5-10-25(40)31(45)35-20-6-3-7-20/h4,8-9,18,20,23,25H,2-3,5-7,10-17,19H2,1H3,(H,35,45)(H,37,44)(H,42,43). The minimum absolute atomic E-state index is 0.0533. The highest BCUT2D eigenvalue weighted by Crippen LogP contribution is 2.29. The summed E-state index contributed by atoms with van der Waals surface area (Å²) in [5.41, 5.74) is -0.197. The summed E-state index contributed by atoms with van der Waals surface area (Å²) in [6.45, 7) is 2.43. The maximum atomic E-state index is 15.0. The smallest absolute Gasteiger partial charge is 0.409 e. The van der Waals surface area contributed by atoms with Crippen molar-refractivity contribution >= 4 is 46.6 Å². The fourth-order valence-electron chi connectivity index (χ4n) is 6.15. The van der Waals surface area contributed by atoms with E-state index < -0.39 is 60.7 Å². The van der Waals surface area contributed by atoms with E-state index in [9.17, 15) is 33.9 Å². The molecule has 1 aromatic carbocycles. The van der Waals surface area contributed by atoms with Crippen molar-refractivity contribution < 1.29 is 47.7 Å². The highest BCUT2D eigenvalue weighted by molar-refractivity contribution is 5.99. The quantitative estimate of drug-likeness (QED) is 0.297. The largest absolute Gasteiger partial charge is 0.483 e. The number of rotatable bonds is 12. The SMILES string of the molecule is CCOC(=O)N1CCN(C(=O)C(CCC(=O)O)NC(=O)c2cc(OCC(=O)N3CCCC3C(=O)NC3CCC3)c3c(F)cccc3n2)CC1. The summed E-state index contributed by atoms with van der Waals surface area (Å²) >= 11 is 0. The number of likely N-dealkylation sites (tertiary alicyclic amines) is 1. The summed E-state index contributed by atoms with van der Waals surface area (Å²) in [5.74, 6) is -4.06. The van der Waals surface area contributed by atoms with E-state index in [1.807, 2.05) is 0 Å². The molecule has 5 amide bonds. The Morgan fingerprint density at radius 1 is 1.02 bits per heavy atom. The van der Waals surface area contributed by atoms with Crippen LogP contribution in [-0.4, -0.2) is 125 Å². The van der Waals surface area contributed by atoms with Gasteiger partial charge >= 0.3 is 12.1 Å². The molecule has 264 valence electrons. The molecule has 1 aliphatic carbocycles. The number of carboxylic acid groups (broad SMARTS) is 1. The van der Waals surface area contributed by atoms with Gasteiger partial charge in [0.05, 0.1) is 17.5 Å². The van der Waals surface area contributed by atoms with Gasteiger partial charge in [0.25, 0.3) is 11.8 Å². The van der Waals surface area contributed by atoms with Gasteiger partial charge in [0.2, 0.25) is 11.8 Å².